The lowest BCUT2D eigenvalue weighted by molar-refractivity contribution is 0.102. The molecule has 0 spiro atoms. The van der Waals surface area contributed by atoms with Crippen LogP contribution in [-0.2, 0) is 0 Å². The number of amides is 1. The van der Waals surface area contributed by atoms with E-state index >= 15 is 0 Å². The van der Waals surface area contributed by atoms with Gasteiger partial charge in [0, 0.05) is 10.6 Å². The van der Waals surface area contributed by atoms with Crippen LogP contribution in [-0.4, -0.2) is 34.4 Å². The van der Waals surface area contributed by atoms with E-state index in [1.807, 2.05) is 6.92 Å². The van der Waals surface area contributed by atoms with Crippen molar-refractivity contribution in [2.24, 2.45) is 0 Å². The normalized spacial score (nSPS) is 10.6. The highest BCUT2D eigenvalue weighted by molar-refractivity contribution is 9.10. The Bertz CT molecular complexity index is 980. The van der Waals surface area contributed by atoms with Crippen LogP contribution in [0.25, 0.3) is 5.69 Å². The van der Waals surface area contributed by atoms with Crippen LogP contribution in [0.4, 0.5) is 5.69 Å². The number of halogens is 2. The van der Waals surface area contributed by atoms with E-state index in [-0.39, 0.29) is 5.91 Å². The van der Waals surface area contributed by atoms with Gasteiger partial charge in [-0.3, -0.25) is 4.79 Å². The van der Waals surface area contributed by atoms with Crippen molar-refractivity contribution in [2.75, 3.05) is 19.0 Å². The fourth-order valence-corrected chi connectivity index (χ4v) is 3.26. The molecule has 3 aromatic rings. The molecule has 0 radical (unpaired) electrons. The van der Waals surface area contributed by atoms with Gasteiger partial charge in [-0.25, -0.2) is 9.67 Å². The van der Waals surface area contributed by atoms with Crippen LogP contribution >= 0.6 is 27.5 Å². The number of hydrogen-bond donors (Lipinski definition) is 1. The molecule has 0 unspecified atom stereocenters. The average Bonchev–Trinajstić information content (AvgIpc) is 3.21. The van der Waals surface area contributed by atoms with Crippen LogP contribution < -0.4 is 14.8 Å². The summed E-state index contributed by atoms with van der Waals surface area (Å²) in [5, 5.41) is 7.46. The Morgan fingerprint density at radius 3 is 2.82 bits per heavy atom. The molecular formula is C19H18BrClN4O3. The molecule has 0 fully saturated rings. The van der Waals surface area contributed by atoms with Gasteiger partial charge in [0.2, 0.25) is 0 Å². The number of methoxy groups -OCH3 is 1. The molecule has 28 heavy (non-hydrogen) atoms. The molecule has 0 saturated carbocycles. The first-order valence-corrected chi connectivity index (χ1v) is 9.66. The first-order chi connectivity index (χ1) is 13.5. The second-order valence-corrected chi connectivity index (χ2v) is 7.08. The van der Waals surface area contributed by atoms with E-state index in [0.717, 1.165) is 6.42 Å². The maximum absolute atomic E-state index is 12.9. The lowest BCUT2D eigenvalue weighted by Crippen LogP contribution is -2.14. The van der Waals surface area contributed by atoms with Crippen molar-refractivity contribution in [3.63, 3.8) is 0 Å². The quantitative estimate of drug-likeness (QED) is 0.545. The number of rotatable bonds is 7. The summed E-state index contributed by atoms with van der Waals surface area (Å²) in [4.78, 5) is 16.8. The Balaban J connectivity index is 1.92. The van der Waals surface area contributed by atoms with Gasteiger partial charge in [0.1, 0.15) is 12.7 Å². The summed E-state index contributed by atoms with van der Waals surface area (Å²) in [5.41, 5.74) is 1.55. The summed E-state index contributed by atoms with van der Waals surface area (Å²) in [6.07, 6.45) is 3.81. The first-order valence-electron chi connectivity index (χ1n) is 8.49. The lowest BCUT2D eigenvalue weighted by Gasteiger charge is -2.15. The molecule has 1 N–H and O–H groups in total. The smallest absolute Gasteiger partial charge is 0.255 e. The minimum atomic E-state index is -0.329. The molecule has 3 rings (SSSR count). The Labute approximate surface area is 175 Å². The van der Waals surface area contributed by atoms with Crippen molar-refractivity contribution in [3.05, 3.63) is 58.0 Å². The fraction of sp³-hybridized carbons (Fsp3) is 0.211. The Kier molecular flexibility index (Phi) is 6.53. The third-order valence-electron chi connectivity index (χ3n) is 3.81. The maximum atomic E-state index is 12.9. The summed E-state index contributed by atoms with van der Waals surface area (Å²) in [6.45, 7) is 2.56. The summed E-state index contributed by atoms with van der Waals surface area (Å²) in [6, 6.07) is 8.44. The van der Waals surface area contributed by atoms with Crippen molar-refractivity contribution in [1.29, 1.82) is 0 Å². The number of anilines is 1. The van der Waals surface area contributed by atoms with Crippen molar-refractivity contribution in [2.45, 2.75) is 13.3 Å². The molecule has 2 aromatic carbocycles. The maximum Gasteiger partial charge on any atom is 0.255 e. The van der Waals surface area contributed by atoms with Gasteiger partial charge in [0.15, 0.2) is 11.5 Å². The van der Waals surface area contributed by atoms with E-state index in [1.54, 1.807) is 41.3 Å². The molecule has 0 aliphatic heterocycles. The fourth-order valence-electron chi connectivity index (χ4n) is 2.53. The summed E-state index contributed by atoms with van der Waals surface area (Å²) in [7, 11) is 1.53. The minimum Gasteiger partial charge on any atom is -0.493 e. The van der Waals surface area contributed by atoms with Crippen LogP contribution in [0.2, 0.25) is 5.02 Å². The highest BCUT2D eigenvalue weighted by Gasteiger charge is 2.17. The number of nitrogens with one attached hydrogen (secondary N) is 1. The molecule has 0 bridgehead atoms. The largest absolute Gasteiger partial charge is 0.493 e. The van der Waals surface area contributed by atoms with Gasteiger partial charge >= 0.3 is 0 Å². The summed E-state index contributed by atoms with van der Waals surface area (Å²) < 4.78 is 13.3. The van der Waals surface area contributed by atoms with Crippen molar-refractivity contribution in [1.82, 2.24) is 14.8 Å². The van der Waals surface area contributed by atoms with Gasteiger partial charge in [0.05, 0.1) is 29.6 Å². The molecular weight excluding hydrogens is 448 g/mol. The van der Waals surface area contributed by atoms with Crippen molar-refractivity contribution < 1.29 is 14.3 Å². The number of carbonyl (C=O) groups excluding carboxylic acids is 1. The van der Waals surface area contributed by atoms with Gasteiger partial charge in [-0.2, -0.15) is 5.10 Å². The summed E-state index contributed by atoms with van der Waals surface area (Å²) >= 11 is 9.56. The standard InChI is InChI=1S/C19H18BrClN4O3/c1-3-6-28-18-14(20)7-12(8-17(18)27-2)19(26)24-15-9-13(21)4-5-16(15)25-11-22-10-23-25/h4-5,7-11H,3,6H2,1-2H3,(H,24,26). The van der Waals surface area contributed by atoms with E-state index in [1.165, 1.54) is 13.4 Å². The predicted molar refractivity (Wildman–Crippen MR) is 111 cm³/mol. The molecule has 0 aliphatic carbocycles. The van der Waals surface area contributed by atoms with Gasteiger partial charge in [-0.05, 0) is 52.7 Å². The van der Waals surface area contributed by atoms with Crippen LogP contribution in [0.5, 0.6) is 11.5 Å². The first kappa shape index (κ1) is 20.2. The zero-order valence-corrected chi connectivity index (χ0v) is 17.6. The lowest BCUT2D eigenvalue weighted by atomic mass is 10.1. The highest BCUT2D eigenvalue weighted by atomic mass is 79.9. The molecule has 0 saturated heterocycles. The molecule has 146 valence electrons. The summed E-state index contributed by atoms with van der Waals surface area (Å²) in [5.74, 6) is 0.701. The van der Waals surface area contributed by atoms with Crippen LogP contribution in [0, 0.1) is 0 Å². The average molecular weight is 466 g/mol. The van der Waals surface area contributed by atoms with Crippen molar-refractivity contribution >= 4 is 39.1 Å². The van der Waals surface area contributed by atoms with Crippen molar-refractivity contribution in [3.8, 4) is 17.2 Å². The van der Waals surface area contributed by atoms with Crippen LogP contribution in [0.3, 0.4) is 0 Å². The van der Waals surface area contributed by atoms with Gasteiger partial charge in [-0.15, -0.1) is 0 Å². The number of benzene rings is 2. The SMILES string of the molecule is CCCOc1c(Br)cc(C(=O)Nc2cc(Cl)ccc2-n2cncn2)cc1OC. The molecule has 1 aromatic heterocycles. The number of nitrogens with zero attached hydrogens (tertiary/aromatic N) is 3. The molecule has 0 atom stereocenters. The minimum absolute atomic E-state index is 0.329. The second kappa shape index (κ2) is 9.07. The predicted octanol–water partition coefficient (Wildman–Crippen LogP) is 4.73. The number of aromatic nitrogens is 3. The number of hydrogen-bond acceptors (Lipinski definition) is 5. The Hall–Kier alpha value is -2.58. The Morgan fingerprint density at radius 1 is 1.32 bits per heavy atom. The topological polar surface area (TPSA) is 78.3 Å². The molecule has 7 nitrogen and oxygen atoms in total. The van der Waals surface area contributed by atoms with Crippen LogP contribution in [0.15, 0.2) is 47.5 Å². The third-order valence-corrected chi connectivity index (χ3v) is 4.64. The van der Waals surface area contributed by atoms with E-state index in [4.69, 9.17) is 21.1 Å². The monoisotopic (exact) mass is 464 g/mol. The van der Waals surface area contributed by atoms with E-state index in [9.17, 15) is 4.79 Å². The molecule has 1 heterocycles. The molecule has 9 heteroatoms. The second-order valence-electron chi connectivity index (χ2n) is 5.79. The number of carbonyl (C=O) groups is 1. The zero-order valence-electron chi connectivity index (χ0n) is 15.3. The molecule has 1 amide bonds. The Morgan fingerprint density at radius 2 is 2.14 bits per heavy atom. The van der Waals surface area contributed by atoms with Gasteiger partial charge in [0.25, 0.3) is 5.91 Å². The van der Waals surface area contributed by atoms with Gasteiger partial charge < -0.3 is 14.8 Å². The van der Waals surface area contributed by atoms with E-state index in [2.05, 4.69) is 31.3 Å². The van der Waals surface area contributed by atoms with E-state index in [0.29, 0.717) is 44.5 Å². The van der Waals surface area contributed by atoms with Gasteiger partial charge in [-0.1, -0.05) is 18.5 Å². The molecule has 0 aliphatic rings. The zero-order chi connectivity index (χ0) is 20.1. The number of ether oxygens (including phenoxy) is 2. The van der Waals surface area contributed by atoms with Crippen LogP contribution in [0.1, 0.15) is 23.7 Å². The van der Waals surface area contributed by atoms with E-state index < -0.39 is 0 Å². The highest BCUT2D eigenvalue weighted by Crippen LogP contribution is 2.37. The third kappa shape index (κ3) is 4.45.